The zero-order chi connectivity index (χ0) is 10.4. The molecule has 1 aliphatic carbocycles. The third-order valence-corrected chi connectivity index (χ3v) is 3.92. The van der Waals surface area contributed by atoms with Gasteiger partial charge in [0.25, 0.3) is 0 Å². The first-order chi connectivity index (χ1) is 7.31. The first-order valence-corrected chi connectivity index (χ1v) is 5.85. The highest BCUT2D eigenvalue weighted by Gasteiger charge is 2.24. The van der Waals surface area contributed by atoms with E-state index in [0.29, 0.717) is 0 Å². The molecule has 4 heteroatoms. The SMILES string of the molecule is COc1scc2c1-c1c(cnn1C)CC2. The Bertz CT molecular complexity index is 499. The van der Waals surface area contributed by atoms with Gasteiger partial charge in [-0.2, -0.15) is 5.10 Å². The van der Waals surface area contributed by atoms with Crippen LogP contribution in [0, 0.1) is 0 Å². The lowest BCUT2D eigenvalue weighted by Crippen LogP contribution is -2.04. The molecule has 78 valence electrons. The molecule has 0 N–H and O–H groups in total. The first kappa shape index (κ1) is 8.97. The van der Waals surface area contributed by atoms with E-state index >= 15 is 0 Å². The van der Waals surface area contributed by atoms with Crippen LogP contribution in [-0.2, 0) is 19.9 Å². The monoisotopic (exact) mass is 220 g/mol. The van der Waals surface area contributed by atoms with Gasteiger partial charge in [-0.3, -0.25) is 4.68 Å². The fraction of sp³-hybridized carbons (Fsp3) is 0.364. The van der Waals surface area contributed by atoms with Crippen molar-refractivity contribution in [1.82, 2.24) is 9.78 Å². The Morgan fingerprint density at radius 1 is 1.40 bits per heavy atom. The van der Waals surface area contributed by atoms with Crippen LogP contribution in [0.3, 0.4) is 0 Å². The summed E-state index contributed by atoms with van der Waals surface area (Å²) in [5.74, 6) is 0. The molecule has 0 radical (unpaired) electrons. The summed E-state index contributed by atoms with van der Waals surface area (Å²) < 4.78 is 7.36. The Morgan fingerprint density at radius 2 is 2.20 bits per heavy atom. The molecule has 1 aliphatic rings. The van der Waals surface area contributed by atoms with Crippen molar-refractivity contribution in [2.75, 3.05) is 7.11 Å². The molecule has 0 atom stereocenters. The van der Waals surface area contributed by atoms with Crippen LogP contribution in [0.15, 0.2) is 11.6 Å². The summed E-state index contributed by atoms with van der Waals surface area (Å²) >= 11 is 1.68. The van der Waals surface area contributed by atoms with Gasteiger partial charge < -0.3 is 4.74 Å². The zero-order valence-corrected chi connectivity index (χ0v) is 9.60. The van der Waals surface area contributed by atoms with E-state index in [1.165, 1.54) is 22.4 Å². The number of aryl methyl sites for hydroxylation is 3. The number of nitrogens with zero attached hydrogens (tertiary/aromatic N) is 2. The lowest BCUT2D eigenvalue weighted by atomic mass is 9.93. The van der Waals surface area contributed by atoms with Gasteiger partial charge in [-0.25, -0.2) is 0 Å². The number of fused-ring (bicyclic) bond motifs is 3. The summed E-state index contributed by atoms with van der Waals surface area (Å²) in [6.07, 6.45) is 4.17. The molecule has 2 heterocycles. The van der Waals surface area contributed by atoms with Crippen molar-refractivity contribution in [3.63, 3.8) is 0 Å². The van der Waals surface area contributed by atoms with Crippen molar-refractivity contribution in [2.24, 2.45) is 7.05 Å². The molecule has 15 heavy (non-hydrogen) atoms. The van der Waals surface area contributed by atoms with Crippen LogP contribution in [0.4, 0.5) is 0 Å². The van der Waals surface area contributed by atoms with Crippen molar-refractivity contribution < 1.29 is 4.74 Å². The van der Waals surface area contributed by atoms with E-state index in [4.69, 9.17) is 4.74 Å². The van der Waals surface area contributed by atoms with Crippen molar-refractivity contribution in [2.45, 2.75) is 12.8 Å². The molecule has 0 amide bonds. The van der Waals surface area contributed by atoms with E-state index in [0.717, 1.165) is 17.9 Å². The average Bonchev–Trinajstić information content (AvgIpc) is 2.81. The number of hydrogen-bond acceptors (Lipinski definition) is 3. The first-order valence-electron chi connectivity index (χ1n) is 4.97. The zero-order valence-electron chi connectivity index (χ0n) is 8.78. The fourth-order valence-electron chi connectivity index (χ4n) is 2.21. The van der Waals surface area contributed by atoms with Crippen LogP contribution in [0.1, 0.15) is 11.1 Å². The maximum absolute atomic E-state index is 5.41. The van der Waals surface area contributed by atoms with Gasteiger partial charge in [0, 0.05) is 7.05 Å². The number of rotatable bonds is 1. The molecule has 2 aromatic rings. The Kier molecular flexibility index (Phi) is 1.85. The van der Waals surface area contributed by atoms with Gasteiger partial charge in [0.05, 0.1) is 24.6 Å². The van der Waals surface area contributed by atoms with Crippen LogP contribution >= 0.6 is 11.3 Å². The smallest absolute Gasteiger partial charge is 0.183 e. The van der Waals surface area contributed by atoms with Crippen LogP contribution in [-0.4, -0.2) is 16.9 Å². The highest BCUT2D eigenvalue weighted by molar-refractivity contribution is 7.12. The standard InChI is InChI=1S/C11H12N2OS/c1-13-10-7(5-12-13)3-4-8-6-15-11(14-2)9(8)10/h5-6H,3-4H2,1-2H3. The van der Waals surface area contributed by atoms with Crippen molar-refractivity contribution >= 4 is 11.3 Å². The van der Waals surface area contributed by atoms with Gasteiger partial charge in [0.15, 0.2) is 5.06 Å². The highest BCUT2D eigenvalue weighted by atomic mass is 32.1. The molecule has 0 saturated carbocycles. The molecule has 2 aromatic heterocycles. The topological polar surface area (TPSA) is 27.1 Å². The minimum absolute atomic E-state index is 1.01. The molecular formula is C11H12N2OS. The Morgan fingerprint density at radius 3 is 3.00 bits per heavy atom. The second-order valence-electron chi connectivity index (χ2n) is 3.77. The highest BCUT2D eigenvalue weighted by Crippen LogP contribution is 2.43. The molecule has 3 nitrogen and oxygen atoms in total. The number of thiophene rings is 1. The molecule has 0 aliphatic heterocycles. The lowest BCUT2D eigenvalue weighted by molar-refractivity contribution is 0.427. The maximum Gasteiger partial charge on any atom is 0.183 e. The summed E-state index contributed by atoms with van der Waals surface area (Å²) in [5.41, 5.74) is 5.22. The fourth-order valence-corrected chi connectivity index (χ4v) is 3.14. The van der Waals surface area contributed by atoms with Gasteiger partial charge >= 0.3 is 0 Å². The van der Waals surface area contributed by atoms with Crippen LogP contribution in [0.2, 0.25) is 0 Å². The molecule has 0 aromatic carbocycles. The molecular weight excluding hydrogens is 208 g/mol. The Labute approximate surface area is 92.3 Å². The van der Waals surface area contributed by atoms with Crippen LogP contribution in [0.5, 0.6) is 5.06 Å². The predicted octanol–water partition coefficient (Wildman–Crippen LogP) is 2.26. The maximum atomic E-state index is 5.41. The van der Waals surface area contributed by atoms with Gasteiger partial charge in [-0.05, 0) is 29.3 Å². The molecule has 0 saturated heterocycles. The largest absolute Gasteiger partial charge is 0.487 e. The normalized spacial score (nSPS) is 13.5. The lowest BCUT2D eigenvalue weighted by Gasteiger charge is -2.14. The number of ether oxygens (including phenoxy) is 1. The quantitative estimate of drug-likeness (QED) is 0.737. The van der Waals surface area contributed by atoms with Crippen molar-refractivity contribution in [3.05, 3.63) is 22.7 Å². The second kappa shape index (κ2) is 3.10. The van der Waals surface area contributed by atoms with E-state index in [-0.39, 0.29) is 0 Å². The minimum atomic E-state index is 1.01. The van der Waals surface area contributed by atoms with Crippen molar-refractivity contribution in [1.29, 1.82) is 0 Å². The van der Waals surface area contributed by atoms with E-state index in [2.05, 4.69) is 10.5 Å². The predicted molar refractivity (Wildman–Crippen MR) is 60.5 cm³/mol. The summed E-state index contributed by atoms with van der Waals surface area (Å²) in [7, 11) is 3.72. The van der Waals surface area contributed by atoms with Crippen LogP contribution < -0.4 is 4.74 Å². The van der Waals surface area contributed by atoms with Crippen molar-refractivity contribution in [3.8, 4) is 16.3 Å². The summed E-state index contributed by atoms with van der Waals surface area (Å²) in [5, 5.41) is 7.53. The average molecular weight is 220 g/mol. The van der Waals surface area contributed by atoms with Gasteiger partial charge in [0.2, 0.25) is 0 Å². The number of aromatic nitrogens is 2. The van der Waals surface area contributed by atoms with Crippen LogP contribution in [0.25, 0.3) is 11.3 Å². The summed E-state index contributed by atoms with van der Waals surface area (Å²) in [6.45, 7) is 0. The molecule has 3 rings (SSSR count). The van der Waals surface area contributed by atoms with Gasteiger partial charge in [0.1, 0.15) is 0 Å². The van der Waals surface area contributed by atoms with Gasteiger partial charge in [-0.1, -0.05) is 0 Å². The Hall–Kier alpha value is -1.29. The van der Waals surface area contributed by atoms with E-state index in [9.17, 15) is 0 Å². The van der Waals surface area contributed by atoms with Gasteiger partial charge in [-0.15, -0.1) is 11.3 Å². The van der Waals surface area contributed by atoms with E-state index in [1.54, 1.807) is 18.4 Å². The number of methoxy groups -OCH3 is 1. The molecule has 0 spiro atoms. The number of hydrogen-bond donors (Lipinski definition) is 0. The second-order valence-corrected chi connectivity index (χ2v) is 4.61. The molecule has 0 unspecified atom stereocenters. The third-order valence-electron chi connectivity index (χ3n) is 2.93. The van der Waals surface area contributed by atoms with E-state index in [1.807, 2.05) is 17.9 Å². The molecule has 0 bridgehead atoms. The summed E-state index contributed by atoms with van der Waals surface area (Å²) in [6, 6.07) is 0. The Balaban J connectivity index is 2.30. The van der Waals surface area contributed by atoms with E-state index < -0.39 is 0 Å². The molecule has 0 fully saturated rings. The minimum Gasteiger partial charge on any atom is -0.487 e. The summed E-state index contributed by atoms with van der Waals surface area (Å²) in [4.78, 5) is 0. The third kappa shape index (κ3) is 1.14.